The minimum atomic E-state index is 0.131. The first-order chi connectivity index (χ1) is 8.04. The van der Waals surface area contributed by atoms with Crippen molar-refractivity contribution >= 4 is 5.91 Å². The van der Waals surface area contributed by atoms with Crippen LogP contribution in [0.5, 0.6) is 0 Å². The van der Waals surface area contributed by atoms with Crippen LogP contribution in [0.4, 0.5) is 0 Å². The van der Waals surface area contributed by atoms with E-state index in [2.05, 4.69) is 19.2 Å². The van der Waals surface area contributed by atoms with Gasteiger partial charge in [0, 0.05) is 19.1 Å². The maximum atomic E-state index is 11.9. The lowest BCUT2D eigenvalue weighted by atomic mass is 9.78. The Bertz CT molecular complexity index is 245. The Morgan fingerprint density at radius 2 is 2.12 bits per heavy atom. The van der Waals surface area contributed by atoms with Crippen molar-refractivity contribution in [2.24, 2.45) is 17.6 Å². The number of nitrogens with one attached hydrogen (secondary N) is 1. The van der Waals surface area contributed by atoms with Gasteiger partial charge in [-0.25, -0.2) is 0 Å². The third-order valence-electron chi connectivity index (χ3n) is 3.98. The van der Waals surface area contributed by atoms with Crippen molar-refractivity contribution in [1.82, 2.24) is 10.2 Å². The molecule has 0 aromatic carbocycles. The van der Waals surface area contributed by atoms with Crippen LogP contribution in [0.25, 0.3) is 0 Å². The summed E-state index contributed by atoms with van der Waals surface area (Å²) in [5.74, 6) is 1.44. The lowest BCUT2D eigenvalue weighted by molar-refractivity contribution is -0.123. The van der Waals surface area contributed by atoms with Gasteiger partial charge in [-0.1, -0.05) is 26.7 Å². The van der Waals surface area contributed by atoms with E-state index in [0.717, 1.165) is 18.9 Å². The second-order valence-corrected chi connectivity index (χ2v) is 5.47. The molecule has 3 N–H and O–H groups in total. The average molecular weight is 241 g/mol. The van der Waals surface area contributed by atoms with Gasteiger partial charge in [0.15, 0.2) is 0 Å². The molecule has 100 valence electrons. The third kappa shape index (κ3) is 4.64. The fraction of sp³-hybridized carbons (Fsp3) is 0.923. The largest absolute Gasteiger partial charge is 0.352 e. The molecule has 0 aliphatic heterocycles. The van der Waals surface area contributed by atoms with Gasteiger partial charge in [0.05, 0.1) is 6.54 Å². The van der Waals surface area contributed by atoms with E-state index in [1.165, 1.54) is 12.8 Å². The van der Waals surface area contributed by atoms with E-state index in [4.69, 9.17) is 5.73 Å². The molecule has 1 amide bonds. The molecule has 1 fully saturated rings. The van der Waals surface area contributed by atoms with Gasteiger partial charge in [-0.3, -0.25) is 9.69 Å². The average Bonchev–Trinajstić information content (AvgIpc) is 2.25. The van der Waals surface area contributed by atoms with Gasteiger partial charge in [-0.15, -0.1) is 0 Å². The predicted octanol–water partition coefficient (Wildman–Crippen LogP) is 0.818. The van der Waals surface area contributed by atoms with Crippen molar-refractivity contribution < 1.29 is 4.79 Å². The molecule has 1 rings (SSSR count). The lowest BCUT2D eigenvalue weighted by Gasteiger charge is -2.34. The van der Waals surface area contributed by atoms with Gasteiger partial charge < -0.3 is 11.1 Å². The van der Waals surface area contributed by atoms with Crippen molar-refractivity contribution in [2.75, 3.05) is 26.7 Å². The third-order valence-corrected chi connectivity index (χ3v) is 3.98. The van der Waals surface area contributed by atoms with E-state index in [1.807, 2.05) is 11.9 Å². The summed E-state index contributed by atoms with van der Waals surface area (Å²) >= 11 is 0. The number of carbonyl (C=O) groups excluding carboxylic acids is 1. The topological polar surface area (TPSA) is 58.4 Å². The van der Waals surface area contributed by atoms with E-state index in [-0.39, 0.29) is 5.91 Å². The van der Waals surface area contributed by atoms with Crippen LogP contribution in [0.2, 0.25) is 0 Å². The zero-order chi connectivity index (χ0) is 12.8. The van der Waals surface area contributed by atoms with Gasteiger partial charge >= 0.3 is 0 Å². The SMILES string of the molecule is CC1CCCC(NC(=O)CN(C)CCN)C1C. The molecule has 0 spiro atoms. The maximum absolute atomic E-state index is 11.9. The summed E-state index contributed by atoms with van der Waals surface area (Å²) < 4.78 is 0. The van der Waals surface area contributed by atoms with E-state index >= 15 is 0 Å². The van der Waals surface area contributed by atoms with E-state index in [9.17, 15) is 4.79 Å². The van der Waals surface area contributed by atoms with Crippen molar-refractivity contribution in [1.29, 1.82) is 0 Å². The summed E-state index contributed by atoms with van der Waals surface area (Å²) in [6.45, 7) is 6.35. The fourth-order valence-electron chi connectivity index (χ4n) is 2.58. The summed E-state index contributed by atoms with van der Waals surface area (Å²) in [5, 5.41) is 3.17. The summed E-state index contributed by atoms with van der Waals surface area (Å²) in [6, 6.07) is 0.359. The minimum absolute atomic E-state index is 0.131. The first kappa shape index (κ1) is 14.5. The second-order valence-electron chi connectivity index (χ2n) is 5.47. The van der Waals surface area contributed by atoms with Crippen LogP contribution in [0, 0.1) is 11.8 Å². The van der Waals surface area contributed by atoms with Crippen LogP contribution in [0.15, 0.2) is 0 Å². The summed E-state index contributed by atoms with van der Waals surface area (Å²) in [6.07, 6.45) is 3.65. The van der Waals surface area contributed by atoms with E-state index in [0.29, 0.717) is 25.0 Å². The predicted molar refractivity (Wildman–Crippen MR) is 70.7 cm³/mol. The molecular formula is C13H27N3O. The van der Waals surface area contributed by atoms with Gasteiger partial charge in [0.25, 0.3) is 0 Å². The van der Waals surface area contributed by atoms with E-state index < -0.39 is 0 Å². The van der Waals surface area contributed by atoms with Gasteiger partial charge in [-0.05, 0) is 25.3 Å². The number of nitrogens with two attached hydrogens (primary N) is 1. The van der Waals surface area contributed by atoms with Crippen LogP contribution < -0.4 is 11.1 Å². The summed E-state index contributed by atoms with van der Waals surface area (Å²) in [4.78, 5) is 13.8. The number of amides is 1. The molecule has 0 aromatic heterocycles. The number of hydrogen-bond acceptors (Lipinski definition) is 3. The molecule has 3 unspecified atom stereocenters. The van der Waals surface area contributed by atoms with E-state index in [1.54, 1.807) is 0 Å². The Balaban J connectivity index is 2.34. The molecule has 4 nitrogen and oxygen atoms in total. The standard InChI is InChI=1S/C13H27N3O/c1-10-5-4-6-12(11(10)2)15-13(17)9-16(3)8-7-14/h10-12H,4-9,14H2,1-3H3,(H,15,17). The number of carbonyl (C=O) groups is 1. The second kappa shape index (κ2) is 6.97. The molecule has 17 heavy (non-hydrogen) atoms. The van der Waals surface area contributed by atoms with Crippen LogP contribution in [0.3, 0.4) is 0 Å². The number of nitrogens with zero attached hydrogens (tertiary/aromatic N) is 1. The highest BCUT2D eigenvalue weighted by molar-refractivity contribution is 5.78. The van der Waals surface area contributed by atoms with Crippen LogP contribution in [-0.2, 0) is 4.79 Å². The zero-order valence-corrected chi connectivity index (χ0v) is 11.4. The Morgan fingerprint density at radius 3 is 2.76 bits per heavy atom. The first-order valence-corrected chi connectivity index (χ1v) is 6.72. The molecule has 0 heterocycles. The molecule has 1 aliphatic carbocycles. The zero-order valence-electron chi connectivity index (χ0n) is 11.4. The molecule has 0 saturated heterocycles. The number of rotatable bonds is 5. The first-order valence-electron chi connectivity index (χ1n) is 6.72. The highest BCUT2D eigenvalue weighted by atomic mass is 16.2. The Labute approximate surface area is 105 Å². The maximum Gasteiger partial charge on any atom is 0.234 e. The molecule has 4 heteroatoms. The van der Waals surface area contributed by atoms with Crippen LogP contribution >= 0.6 is 0 Å². The highest BCUT2D eigenvalue weighted by Crippen LogP contribution is 2.29. The molecule has 1 aliphatic rings. The molecule has 0 aromatic rings. The van der Waals surface area contributed by atoms with Crippen molar-refractivity contribution in [3.05, 3.63) is 0 Å². The molecular weight excluding hydrogens is 214 g/mol. The van der Waals surface area contributed by atoms with Crippen molar-refractivity contribution in [3.8, 4) is 0 Å². The Morgan fingerprint density at radius 1 is 1.41 bits per heavy atom. The fourth-order valence-corrected chi connectivity index (χ4v) is 2.58. The smallest absolute Gasteiger partial charge is 0.234 e. The molecule has 3 atom stereocenters. The summed E-state index contributed by atoms with van der Waals surface area (Å²) in [7, 11) is 1.93. The molecule has 1 saturated carbocycles. The Hall–Kier alpha value is -0.610. The summed E-state index contributed by atoms with van der Waals surface area (Å²) in [5.41, 5.74) is 5.46. The number of likely N-dealkylation sites (N-methyl/N-ethyl adjacent to an activating group) is 1. The molecule has 0 radical (unpaired) electrons. The molecule has 0 bridgehead atoms. The minimum Gasteiger partial charge on any atom is -0.352 e. The quantitative estimate of drug-likeness (QED) is 0.749. The highest BCUT2D eigenvalue weighted by Gasteiger charge is 2.28. The number of hydrogen-bond donors (Lipinski definition) is 2. The van der Waals surface area contributed by atoms with Crippen molar-refractivity contribution in [2.45, 2.75) is 39.2 Å². The van der Waals surface area contributed by atoms with Gasteiger partial charge in [0.1, 0.15) is 0 Å². The van der Waals surface area contributed by atoms with Gasteiger partial charge in [-0.2, -0.15) is 0 Å². The van der Waals surface area contributed by atoms with Crippen LogP contribution in [0.1, 0.15) is 33.1 Å². The van der Waals surface area contributed by atoms with Gasteiger partial charge in [0.2, 0.25) is 5.91 Å². The normalized spacial score (nSPS) is 29.4. The lowest BCUT2D eigenvalue weighted by Crippen LogP contribution is -2.47. The monoisotopic (exact) mass is 241 g/mol. The van der Waals surface area contributed by atoms with Crippen LogP contribution in [-0.4, -0.2) is 43.5 Å². The van der Waals surface area contributed by atoms with Crippen molar-refractivity contribution in [3.63, 3.8) is 0 Å². The Kier molecular flexibility index (Phi) is 5.92.